The van der Waals surface area contributed by atoms with Gasteiger partial charge in [0.1, 0.15) is 11.7 Å². The maximum atomic E-state index is 12.7. The van der Waals surface area contributed by atoms with Crippen molar-refractivity contribution in [2.24, 2.45) is 4.99 Å². The van der Waals surface area contributed by atoms with Crippen molar-refractivity contribution >= 4 is 17.4 Å². The Balaban J connectivity index is 0.000000686. The van der Waals surface area contributed by atoms with Crippen molar-refractivity contribution in [1.82, 2.24) is 5.32 Å². The van der Waals surface area contributed by atoms with E-state index in [1.807, 2.05) is 20.8 Å². The second-order valence-corrected chi connectivity index (χ2v) is 3.77. The third kappa shape index (κ3) is 3.56. The second-order valence-electron chi connectivity index (χ2n) is 3.33. The highest BCUT2D eigenvalue weighted by molar-refractivity contribution is 6.30. The maximum Gasteiger partial charge on any atom is 0.132 e. The summed E-state index contributed by atoms with van der Waals surface area (Å²) in [5, 5.41) is 3.64. The summed E-state index contributed by atoms with van der Waals surface area (Å²) >= 11 is 5.88. The normalized spacial score (nSPS) is 18.3. The predicted molar refractivity (Wildman–Crippen MR) is 70.8 cm³/mol. The average molecular weight is 255 g/mol. The van der Waals surface area contributed by atoms with Crippen LogP contribution in [0.15, 0.2) is 40.5 Å². The van der Waals surface area contributed by atoms with Gasteiger partial charge in [-0.25, -0.2) is 4.39 Å². The van der Waals surface area contributed by atoms with Crippen LogP contribution in [-0.2, 0) is 0 Å². The van der Waals surface area contributed by atoms with E-state index in [9.17, 15) is 4.39 Å². The molecule has 0 radical (unpaired) electrons. The van der Waals surface area contributed by atoms with Crippen LogP contribution < -0.4 is 5.32 Å². The van der Waals surface area contributed by atoms with Crippen LogP contribution in [0.1, 0.15) is 26.3 Å². The van der Waals surface area contributed by atoms with Crippen molar-refractivity contribution in [1.29, 1.82) is 0 Å². The molecule has 4 heteroatoms. The van der Waals surface area contributed by atoms with Gasteiger partial charge in [-0.3, -0.25) is 4.99 Å². The van der Waals surface area contributed by atoms with E-state index in [1.54, 1.807) is 18.3 Å². The van der Waals surface area contributed by atoms with Gasteiger partial charge in [-0.15, -0.1) is 0 Å². The zero-order valence-electron chi connectivity index (χ0n) is 10.2. The van der Waals surface area contributed by atoms with Crippen molar-refractivity contribution in [2.45, 2.75) is 26.8 Å². The molecular formula is C13H16ClFN2. The van der Waals surface area contributed by atoms with Crippen LogP contribution in [0.5, 0.6) is 0 Å². The van der Waals surface area contributed by atoms with E-state index in [-0.39, 0.29) is 11.9 Å². The Labute approximate surface area is 106 Å². The first-order valence-electron chi connectivity index (χ1n) is 5.62. The molecule has 0 aromatic heterocycles. The monoisotopic (exact) mass is 254 g/mol. The molecule has 1 aromatic rings. The number of nitrogens with one attached hydrogen (secondary N) is 1. The molecule has 1 aliphatic rings. The first-order chi connectivity index (χ1) is 8.16. The lowest BCUT2D eigenvalue weighted by atomic mass is 10.2. The number of nitrogens with zero attached hydrogens (tertiary/aromatic N) is 1. The number of hydrogen-bond donors (Lipinski definition) is 1. The lowest BCUT2D eigenvalue weighted by molar-refractivity contribution is 0.627. The molecule has 1 N–H and O–H groups in total. The number of aliphatic imine (C=N–C) groups is 1. The van der Waals surface area contributed by atoms with Gasteiger partial charge in [0.15, 0.2) is 0 Å². The lowest BCUT2D eigenvalue weighted by Crippen LogP contribution is -2.26. The molecule has 1 heterocycles. The summed E-state index contributed by atoms with van der Waals surface area (Å²) in [5.74, 6) is 0.462. The number of halogens is 2. The zero-order chi connectivity index (χ0) is 12.8. The van der Waals surface area contributed by atoms with Crippen LogP contribution >= 0.6 is 11.6 Å². The minimum absolute atomic E-state index is 0.0482. The Morgan fingerprint density at radius 1 is 1.24 bits per heavy atom. The van der Waals surface area contributed by atoms with E-state index < -0.39 is 0 Å². The van der Waals surface area contributed by atoms with Crippen molar-refractivity contribution in [3.05, 3.63) is 46.9 Å². The van der Waals surface area contributed by atoms with E-state index in [0.29, 0.717) is 10.9 Å². The average Bonchev–Trinajstić information content (AvgIpc) is 2.36. The summed E-state index contributed by atoms with van der Waals surface area (Å²) in [6, 6.07) is 6.13. The predicted octanol–water partition coefficient (Wildman–Crippen LogP) is 3.67. The van der Waals surface area contributed by atoms with Gasteiger partial charge in [0.05, 0.1) is 11.1 Å². The van der Waals surface area contributed by atoms with Gasteiger partial charge in [0.2, 0.25) is 0 Å². The van der Waals surface area contributed by atoms with E-state index in [2.05, 4.69) is 10.3 Å². The van der Waals surface area contributed by atoms with Crippen molar-refractivity contribution in [3.8, 4) is 0 Å². The fourth-order valence-corrected chi connectivity index (χ4v) is 1.42. The number of amidine groups is 1. The molecule has 17 heavy (non-hydrogen) atoms. The molecule has 2 nitrogen and oxygen atoms in total. The molecule has 0 bridgehead atoms. The number of benzene rings is 1. The van der Waals surface area contributed by atoms with Gasteiger partial charge in [-0.2, -0.15) is 0 Å². The summed E-state index contributed by atoms with van der Waals surface area (Å²) in [7, 11) is 0. The van der Waals surface area contributed by atoms with Gasteiger partial charge in [-0.05, 0) is 31.2 Å². The van der Waals surface area contributed by atoms with Crippen LogP contribution in [0, 0.1) is 5.82 Å². The molecular weight excluding hydrogens is 239 g/mol. The fraction of sp³-hybridized carbons (Fsp3) is 0.308. The first-order valence-corrected chi connectivity index (χ1v) is 6.00. The van der Waals surface area contributed by atoms with E-state index >= 15 is 0 Å². The topological polar surface area (TPSA) is 24.4 Å². The summed E-state index contributed by atoms with van der Waals surface area (Å²) < 4.78 is 12.7. The van der Waals surface area contributed by atoms with Gasteiger partial charge < -0.3 is 5.32 Å². The summed E-state index contributed by atoms with van der Waals surface area (Å²) in [6.07, 6.45) is 1.71. The number of rotatable bonds is 1. The molecule has 0 saturated heterocycles. The molecule has 0 aliphatic carbocycles. The largest absolute Gasteiger partial charge is 0.345 e. The van der Waals surface area contributed by atoms with E-state index in [0.717, 1.165) is 5.56 Å². The van der Waals surface area contributed by atoms with E-state index in [4.69, 9.17) is 11.6 Å². The van der Waals surface area contributed by atoms with Crippen LogP contribution in [0.25, 0.3) is 0 Å². The maximum absolute atomic E-state index is 12.7. The summed E-state index contributed by atoms with van der Waals surface area (Å²) in [5.41, 5.74) is 0.851. The number of hydrogen-bond acceptors (Lipinski definition) is 2. The van der Waals surface area contributed by atoms with Gasteiger partial charge in [0.25, 0.3) is 0 Å². The van der Waals surface area contributed by atoms with Crippen LogP contribution in [0.2, 0.25) is 0 Å². The Bertz CT molecular complexity index is 424. The van der Waals surface area contributed by atoms with E-state index in [1.165, 1.54) is 12.1 Å². The van der Waals surface area contributed by atoms with Gasteiger partial charge in [0, 0.05) is 11.8 Å². The highest BCUT2D eigenvalue weighted by atomic mass is 35.5. The Kier molecular flexibility index (Phi) is 5.16. The molecule has 0 fully saturated rings. The highest BCUT2D eigenvalue weighted by Gasteiger charge is 2.13. The third-order valence-corrected chi connectivity index (χ3v) is 2.61. The summed E-state index contributed by atoms with van der Waals surface area (Å²) in [4.78, 5) is 4.35. The van der Waals surface area contributed by atoms with Crippen LogP contribution in [0.3, 0.4) is 0 Å². The molecule has 0 amide bonds. The Hall–Kier alpha value is -1.35. The highest BCUT2D eigenvalue weighted by Crippen LogP contribution is 2.15. The lowest BCUT2D eigenvalue weighted by Gasteiger charge is -2.16. The molecule has 1 atom stereocenters. The molecule has 0 spiro atoms. The summed E-state index contributed by atoms with van der Waals surface area (Å²) in [6.45, 7) is 5.91. The standard InChI is InChI=1S/C11H10ClFN2.C2H6/c1-7-10(12)6-14-11(15-7)8-2-4-9(13)5-3-8;1-2/h2-7H,1H3,(H,14,15);1-2H3. The second kappa shape index (κ2) is 6.40. The molecule has 1 unspecified atom stereocenters. The Morgan fingerprint density at radius 3 is 2.35 bits per heavy atom. The van der Waals surface area contributed by atoms with Gasteiger partial charge in [-0.1, -0.05) is 25.4 Å². The minimum Gasteiger partial charge on any atom is -0.345 e. The first kappa shape index (κ1) is 13.7. The zero-order valence-corrected chi connectivity index (χ0v) is 10.9. The molecule has 1 aliphatic heterocycles. The van der Waals surface area contributed by atoms with Gasteiger partial charge >= 0.3 is 0 Å². The fourth-order valence-electron chi connectivity index (χ4n) is 1.32. The molecule has 92 valence electrons. The quantitative estimate of drug-likeness (QED) is 0.813. The molecule has 0 saturated carbocycles. The third-order valence-electron chi connectivity index (χ3n) is 2.19. The Morgan fingerprint density at radius 2 is 1.82 bits per heavy atom. The minimum atomic E-state index is -0.253. The van der Waals surface area contributed by atoms with Crippen molar-refractivity contribution in [2.75, 3.05) is 0 Å². The van der Waals surface area contributed by atoms with Crippen LogP contribution in [0.4, 0.5) is 4.39 Å². The van der Waals surface area contributed by atoms with Crippen molar-refractivity contribution < 1.29 is 4.39 Å². The SMILES string of the molecule is CC.CC1N=C(c2ccc(F)cc2)NC=C1Cl. The van der Waals surface area contributed by atoms with Crippen molar-refractivity contribution in [3.63, 3.8) is 0 Å². The van der Waals surface area contributed by atoms with Crippen LogP contribution in [-0.4, -0.2) is 11.9 Å². The molecule has 2 rings (SSSR count). The smallest absolute Gasteiger partial charge is 0.132 e. The molecule has 1 aromatic carbocycles.